The molecule has 0 spiro atoms. The van der Waals surface area contributed by atoms with Crippen LogP contribution in [0.4, 0.5) is 0 Å². The van der Waals surface area contributed by atoms with Crippen molar-refractivity contribution in [2.24, 2.45) is 40.4 Å². The van der Waals surface area contributed by atoms with Gasteiger partial charge >= 0.3 is 0 Å². The fraction of sp³-hybridized carbons (Fsp3) is 0.867. The summed E-state index contributed by atoms with van der Waals surface area (Å²) in [7, 11) is 1.89. The predicted molar refractivity (Wildman–Crippen MR) is 134 cm³/mol. The Labute approximate surface area is 198 Å². The van der Waals surface area contributed by atoms with E-state index in [-0.39, 0.29) is 5.41 Å². The van der Waals surface area contributed by atoms with Crippen LogP contribution >= 0.6 is 0 Å². The fourth-order valence-electron chi connectivity index (χ4n) is 8.19. The summed E-state index contributed by atoms with van der Waals surface area (Å²) in [5.74, 6) is 6.64. The summed E-state index contributed by atoms with van der Waals surface area (Å²) in [6, 6.07) is 0. The first-order valence-electron chi connectivity index (χ1n) is 13.9. The van der Waals surface area contributed by atoms with Crippen molar-refractivity contribution in [1.29, 1.82) is 0 Å². The van der Waals surface area contributed by atoms with Crippen molar-refractivity contribution < 1.29 is 9.47 Å². The minimum Gasteiger partial charge on any atom is -0.466 e. The molecule has 2 nitrogen and oxygen atoms in total. The third-order valence-electron chi connectivity index (χ3n) is 10.7. The first-order chi connectivity index (χ1) is 15.2. The van der Waals surface area contributed by atoms with Gasteiger partial charge in [-0.15, -0.1) is 0 Å². The second kappa shape index (κ2) is 9.47. The molecule has 182 valence electrons. The molecule has 0 aromatic rings. The number of hydrogen-bond donors (Lipinski definition) is 0. The van der Waals surface area contributed by atoms with Gasteiger partial charge in [0.15, 0.2) is 0 Å². The molecule has 0 aromatic carbocycles. The molecular formula is C30H50O2. The largest absolute Gasteiger partial charge is 0.466 e. The van der Waals surface area contributed by atoms with Crippen LogP contribution < -0.4 is 0 Å². The van der Waals surface area contributed by atoms with Gasteiger partial charge in [0.1, 0.15) is 11.5 Å². The summed E-state index contributed by atoms with van der Waals surface area (Å²) in [5, 5.41) is 0. The molecule has 0 amide bonds. The van der Waals surface area contributed by atoms with Crippen molar-refractivity contribution in [1.82, 2.24) is 0 Å². The number of fused-ring (bicyclic) bond motifs is 5. The third-order valence-corrected chi connectivity index (χ3v) is 10.7. The maximum Gasteiger partial charge on any atom is 0.106 e. The van der Waals surface area contributed by atoms with E-state index in [1.807, 2.05) is 7.11 Å². The first kappa shape index (κ1) is 24.4. The van der Waals surface area contributed by atoms with E-state index in [0.717, 1.165) is 30.1 Å². The molecule has 32 heavy (non-hydrogen) atoms. The van der Waals surface area contributed by atoms with Gasteiger partial charge in [0.25, 0.3) is 0 Å². The quantitative estimate of drug-likeness (QED) is 0.392. The normalized spacial score (nSPS) is 38.9. The topological polar surface area (TPSA) is 18.5 Å². The first-order valence-corrected chi connectivity index (χ1v) is 13.9. The van der Waals surface area contributed by atoms with Crippen molar-refractivity contribution in [3.05, 3.63) is 23.2 Å². The van der Waals surface area contributed by atoms with Crippen LogP contribution in [0.3, 0.4) is 0 Å². The van der Waals surface area contributed by atoms with Crippen LogP contribution in [0.1, 0.15) is 112 Å². The van der Waals surface area contributed by atoms with E-state index in [0.29, 0.717) is 17.4 Å². The van der Waals surface area contributed by atoms with Gasteiger partial charge in [-0.2, -0.15) is 0 Å². The summed E-state index contributed by atoms with van der Waals surface area (Å²) in [4.78, 5) is 0. The van der Waals surface area contributed by atoms with Gasteiger partial charge in [-0.05, 0) is 98.0 Å². The highest BCUT2D eigenvalue weighted by Crippen LogP contribution is 2.60. The molecule has 1 saturated heterocycles. The lowest BCUT2D eigenvalue weighted by Gasteiger charge is -2.43. The molecule has 2 heterocycles. The van der Waals surface area contributed by atoms with E-state index in [1.165, 1.54) is 75.7 Å². The lowest BCUT2D eigenvalue weighted by molar-refractivity contribution is -0.00603. The summed E-state index contributed by atoms with van der Waals surface area (Å²) in [6.07, 6.45) is 16.8. The Morgan fingerprint density at radius 3 is 2.53 bits per heavy atom. The second-order valence-corrected chi connectivity index (χ2v) is 12.6. The Morgan fingerprint density at radius 2 is 1.84 bits per heavy atom. The highest BCUT2D eigenvalue weighted by Gasteiger charge is 2.51. The molecule has 4 rings (SSSR count). The SMILES string of the molecule is CC[C@@H](CC[C@@H](C)[C@H]1CCC2=C3CC[C@H]4C[C@@H](OC)CC[C@]4(C)C(=CC[C@@]21C)O3)C(C)C. The lowest BCUT2D eigenvalue weighted by atomic mass is 9.62. The highest BCUT2D eigenvalue weighted by atomic mass is 16.5. The molecule has 0 radical (unpaired) electrons. The second-order valence-electron chi connectivity index (χ2n) is 12.6. The van der Waals surface area contributed by atoms with E-state index in [2.05, 4.69) is 47.6 Å². The molecule has 3 fully saturated rings. The zero-order valence-electron chi connectivity index (χ0n) is 22.1. The minimum absolute atomic E-state index is 0.194. The van der Waals surface area contributed by atoms with Crippen LogP contribution in [-0.2, 0) is 9.47 Å². The van der Waals surface area contributed by atoms with E-state index in [1.54, 1.807) is 5.57 Å². The van der Waals surface area contributed by atoms with Gasteiger partial charge < -0.3 is 9.47 Å². The number of rotatable bonds is 7. The van der Waals surface area contributed by atoms with Crippen molar-refractivity contribution in [2.75, 3.05) is 7.11 Å². The molecular weight excluding hydrogens is 392 g/mol. The van der Waals surface area contributed by atoms with E-state index < -0.39 is 0 Å². The van der Waals surface area contributed by atoms with Gasteiger partial charge in [0.05, 0.1) is 6.10 Å². The van der Waals surface area contributed by atoms with E-state index in [4.69, 9.17) is 9.47 Å². The molecule has 2 aliphatic carbocycles. The molecule has 0 unspecified atom stereocenters. The van der Waals surface area contributed by atoms with E-state index >= 15 is 0 Å². The molecule has 2 saturated carbocycles. The molecule has 2 heteroatoms. The van der Waals surface area contributed by atoms with Crippen LogP contribution in [0.15, 0.2) is 23.2 Å². The van der Waals surface area contributed by atoms with Crippen LogP contribution in [0.25, 0.3) is 0 Å². The maximum absolute atomic E-state index is 6.87. The number of hydrogen-bond acceptors (Lipinski definition) is 2. The smallest absolute Gasteiger partial charge is 0.106 e. The molecule has 4 aliphatic rings. The van der Waals surface area contributed by atoms with Crippen molar-refractivity contribution in [3.63, 3.8) is 0 Å². The molecule has 2 aliphatic heterocycles. The predicted octanol–water partition coefficient (Wildman–Crippen LogP) is 8.67. The molecule has 7 atom stereocenters. The summed E-state index contributed by atoms with van der Waals surface area (Å²) in [5.41, 5.74) is 2.17. The third kappa shape index (κ3) is 4.23. The Morgan fingerprint density at radius 1 is 1.06 bits per heavy atom. The van der Waals surface area contributed by atoms with E-state index in [9.17, 15) is 0 Å². The Kier molecular flexibility index (Phi) is 7.21. The fourth-order valence-corrected chi connectivity index (χ4v) is 8.19. The van der Waals surface area contributed by atoms with Crippen LogP contribution in [0.2, 0.25) is 0 Å². The highest BCUT2D eigenvalue weighted by molar-refractivity contribution is 5.32. The lowest BCUT2D eigenvalue weighted by Crippen LogP contribution is -2.38. The Balaban J connectivity index is 1.55. The summed E-state index contributed by atoms with van der Waals surface area (Å²) >= 11 is 0. The average Bonchev–Trinajstić information content (AvgIpc) is 2.94. The number of allylic oxidation sites excluding steroid dienone is 4. The molecule has 0 aromatic heterocycles. The van der Waals surface area contributed by atoms with Gasteiger partial charge in [-0.3, -0.25) is 0 Å². The zero-order chi connectivity index (χ0) is 23.1. The Bertz CT molecular complexity index is 733. The number of methoxy groups -OCH3 is 1. The number of ether oxygens (including phenoxy) is 2. The van der Waals surface area contributed by atoms with Crippen LogP contribution in [0, 0.1) is 40.4 Å². The van der Waals surface area contributed by atoms with Gasteiger partial charge in [-0.25, -0.2) is 0 Å². The van der Waals surface area contributed by atoms with Crippen molar-refractivity contribution in [2.45, 2.75) is 118 Å². The maximum atomic E-state index is 6.87. The van der Waals surface area contributed by atoms with Gasteiger partial charge in [0.2, 0.25) is 0 Å². The minimum atomic E-state index is 0.194. The van der Waals surface area contributed by atoms with Crippen molar-refractivity contribution >= 4 is 0 Å². The van der Waals surface area contributed by atoms with Crippen molar-refractivity contribution in [3.8, 4) is 0 Å². The van der Waals surface area contributed by atoms with Gasteiger partial charge in [-0.1, -0.05) is 54.4 Å². The van der Waals surface area contributed by atoms with Gasteiger partial charge in [0, 0.05) is 18.9 Å². The standard InChI is InChI=1S/C30H50O2/c1-8-22(20(2)3)10-9-21(4)25-12-13-26-27-14-11-23-19-24(31-7)15-17-29(23,5)28(32-27)16-18-30(25,26)6/h16,20-25H,8-15,17-19H2,1-7H3/t21-,22+,23+,24+,25-,29+,30-/m1/s1. The molecule has 2 bridgehead atoms. The monoisotopic (exact) mass is 442 g/mol. The van der Waals surface area contributed by atoms with Crippen LogP contribution in [-0.4, -0.2) is 13.2 Å². The summed E-state index contributed by atoms with van der Waals surface area (Å²) < 4.78 is 12.6. The summed E-state index contributed by atoms with van der Waals surface area (Å²) in [6.45, 7) is 14.8. The zero-order valence-corrected chi connectivity index (χ0v) is 22.1. The Hall–Kier alpha value is -0.760. The molecule has 0 N–H and O–H groups in total. The van der Waals surface area contributed by atoms with Crippen LogP contribution in [0.5, 0.6) is 0 Å². The average molecular weight is 443 g/mol.